The van der Waals surface area contributed by atoms with Crippen molar-refractivity contribution in [1.29, 1.82) is 0 Å². The van der Waals surface area contributed by atoms with E-state index in [1.165, 1.54) is 21.1 Å². The summed E-state index contributed by atoms with van der Waals surface area (Å²) in [6.45, 7) is 0.692. The molecule has 8 aromatic heterocycles. The smallest absolute Gasteiger partial charge is 0.753 e. The maximum absolute atomic E-state index is 12.9. The van der Waals surface area contributed by atoms with Crippen molar-refractivity contribution in [3.05, 3.63) is 187 Å². The van der Waals surface area contributed by atoms with E-state index < -0.39 is 11.9 Å². The summed E-state index contributed by atoms with van der Waals surface area (Å²) < 4.78 is 48.7. The number of carbonyl (C=O) groups is 2. The van der Waals surface area contributed by atoms with Gasteiger partial charge in [0.1, 0.15) is 22.2 Å². The number of benzene rings is 2. The minimum absolute atomic E-state index is 0. The summed E-state index contributed by atoms with van der Waals surface area (Å²) in [5.74, 6) is 0.617. The predicted octanol–water partition coefficient (Wildman–Crippen LogP) is 13.7. The number of rotatable bonds is 13. The second-order valence-corrected chi connectivity index (χ2v) is 17.5. The molecule has 0 aliphatic heterocycles. The number of para-hydroxylation sites is 2. The number of pyridine rings is 4. The van der Waals surface area contributed by atoms with Crippen molar-refractivity contribution in [3.63, 3.8) is 0 Å². The molecular formula is C51H31F3N8O4RuS4. The Balaban J connectivity index is 0.000000195. The standard InChI is InChI=1S/C25H16F3N4S.C25H15N3O4S2.CNS.Ru/c26-25(27,28)23-16-21(30-31-23)20-15-17(13-14-29-20)22-11-12-24(33-22)32(18-7-3-1-4-8-18)19-9-5-2-6-10-19;29-14-31-17-6-8-27-20(11-17)22-13-18(32-15-30)12-21(28-22)19-10-16(5-7-26-19)23-3-4-25(34-23)24-2-1-9-33-24;2-1-3;/h1-16H;1-15H;;/q-1;;-1;+2. The van der Waals surface area contributed by atoms with Crippen molar-refractivity contribution in [2.24, 2.45) is 0 Å². The molecule has 12 nitrogen and oxygen atoms in total. The quantitative estimate of drug-likeness (QED) is 0.0467. The summed E-state index contributed by atoms with van der Waals surface area (Å²) in [5.41, 5.74) is 5.32. The number of halogens is 3. The third-order valence-electron chi connectivity index (χ3n) is 9.82. The summed E-state index contributed by atoms with van der Waals surface area (Å²) in [4.78, 5) is 46.0. The van der Waals surface area contributed by atoms with Crippen LogP contribution in [-0.4, -0.2) is 43.1 Å². The van der Waals surface area contributed by atoms with Gasteiger partial charge in [0.15, 0.2) is 0 Å². The minimum atomic E-state index is -4.54. The molecular weight excluding hydrogens is 1070 g/mol. The monoisotopic (exact) mass is 1110 g/mol. The number of hydrogen-bond acceptors (Lipinski definition) is 14. The topological polar surface area (TPSA) is 157 Å². The van der Waals surface area contributed by atoms with E-state index in [-0.39, 0.29) is 25.2 Å². The first-order valence-corrected chi connectivity index (χ1v) is 23.4. The Morgan fingerprint density at radius 3 is 1.73 bits per heavy atom. The Kier molecular flexibility index (Phi) is 17.5. The molecule has 0 unspecified atom stereocenters. The molecule has 0 fully saturated rings. The molecule has 0 aliphatic carbocycles. The van der Waals surface area contributed by atoms with E-state index in [9.17, 15) is 22.8 Å². The van der Waals surface area contributed by atoms with Crippen LogP contribution >= 0.6 is 46.2 Å². The molecule has 0 saturated heterocycles. The molecule has 0 spiro atoms. The molecule has 0 atom stereocenters. The molecule has 0 amide bonds. The van der Waals surface area contributed by atoms with Gasteiger partial charge in [0.05, 0.1) is 28.5 Å². The molecule has 0 N–H and O–H groups in total. The summed E-state index contributed by atoms with van der Waals surface area (Å²) >= 11 is 8.69. The van der Waals surface area contributed by atoms with Crippen LogP contribution in [0.5, 0.6) is 11.5 Å². The van der Waals surface area contributed by atoms with Crippen molar-refractivity contribution in [2.45, 2.75) is 6.18 Å². The van der Waals surface area contributed by atoms with Crippen LogP contribution < -0.4 is 19.5 Å². The average Bonchev–Trinajstić information content (AvgIpc) is 4.25. The number of anilines is 3. The van der Waals surface area contributed by atoms with Crippen molar-refractivity contribution >= 4 is 80.7 Å². The van der Waals surface area contributed by atoms with Gasteiger partial charge in [0, 0.05) is 67.7 Å². The summed E-state index contributed by atoms with van der Waals surface area (Å²) in [5, 5.41) is 18.4. The predicted molar refractivity (Wildman–Crippen MR) is 270 cm³/mol. The third kappa shape index (κ3) is 12.9. The van der Waals surface area contributed by atoms with E-state index >= 15 is 0 Å². The Morgan fingerprint density at radius 1 is 0.606 bits per heavy atom. The molecule has 2 aromatic carbocycles. The number of isothiocyanates is 1. The summed E-state index contributed by atoms with van der Waals surface area (Å²) in [6, 6.07) is 47.2. The first kappa shape index (κ1) is 51.2. The Labute approximate surface area is 433 Å². The molecule has 0 bridgehead atoms. The van der Waals surface area contributed by atoms with Gasteiger partial charge in [0.2, 0.25) is 0 Å². The van der Waals surface area contributed by atoms with Gasteiger partial charge in [-0.3, -0.25) is 24.5 Å². The number of alkyl halides is 3. The van der Waals surface area contributed by atoms with E-state index in [0.717, 1.165) is 43.3 Å². The molecule has 20 heteroatoms. The number of carbonyl (C=O) groups excluding carboxylic acids is 2. The largest absolute Gasteiger partial charge is 2.00 e. The fourth-order valence-corrected chi connectivity index (χ4v) is 9.66. The number of thiocarbonyl (C=S) groups is 1. The van der Waals surface area contributed by atoms with Crippen LogP contribution in [0.2, 0.25) is 0 Å². The van der Waals surface area contributed by atoms with Crippen molar-refractivity contribution in [1.82, 2.24) is 30.1 Å². The maximum Gasteiger partial charge on any atom is 2.00 e. The van der Waals surface area contributed by atoms with Gasteiger partial charge in [0.25, 0.3) is 12.9 Å². The van der Waals surface area contributed by atoms with Crippen LogP contribution in [0.4, 0.5) is 29.5 Å². The van der Waals surface area contributed by atoms with Crippen molar-refractivity contribution < 1.29 is 51.7 Å². The molecule has 10 rings (SSSR count). The van der Waals surface area contributed by atoms with Gasteiger partial charge in [-0.1, -0.05) is 60.4 Å². The average molecular weight is 1110 g/mol. The third-order valence-corrected chi connectivity index (χ3v) is 13.1. The molecule has 352 valence electrons. The molecule has 0 aliphatic rings. The second-order valence-electron chi connectivity index (χ2n) is 14.2. The van der Waals surface area contributed by atoms with Gasteiger partial charge < -0.3 is 30.0 Å². The zero-order chi connectivity index (χ0) is 48.9. The van der Waals surface area contributed by atoms with E-state index in [1.54, 1.807) is 76.7 Å². The van der Waals surface area contributed by atoms with Gasteiger partial charge in [-0.25, -0.2) is 4.98 Å². The summed E-state index contributed by atoms with van der Waals surface area (Å²) in [7, 11) is 0. The van der Waals surface area contributed by atoms with Gasteiger partial charge in [-0.15, -0.1) is 34.0 Å². The van der Waals surface area contributed by atoms with Gasteiger partial charge >= 0.3 is 25.7 Å². The Hall–Kier alpha value is -7.70. The SMILES string of the molecule is FC(F)(F)c1cc(-c2cc(-c3ccc(N(c4ccccc4)c4ccccc4)s3)ccn2)[n-]n1.O=COc1ccnc(-c2cc(OC=O)cc(-c3cc(-c4ccc(-c5cccs5)s4)ccn3)n2)c1.[N-]=C=S.[Ru+2]. The number of nitrogens with zero attached hydrogens (tertiary/aromatic N) is 8. The van der Waals surface area contributed by atoms with E-state index in [1.807, 2.05) is 97.1 Å². The zero-order valence-corrected chi connectivity index (χ0v) is 41.2. The molecule has 71 heavy (non-hydrogen) atoms. The van der Waals surface area contributed by atoms with Crippen molar-refractivity contribution in [2.75, 3.05) is 4.90 Å². The van der Waals surface area contributed by atoms with E-state index in [4.69, 9.17) is 14.9 Å². The van der Waals surface area contributed by atoms with Crippen molar-refractivity contribution in [3.8, 4) is 76.3 Å². The van der Waals surface area contributed by atoms with E-state index in [0.29, 0.717) is 52.9 Å². The fourth-order valence-electron chi connectivity index (χ4n) is 6.78. The first-order valence-electron chi connectivity index (χ1n) is 20.5. The second kappa shape index (κ2) is 24.2. The van der Waals surface area contributed by atoms with Gasteiger partial charge in [-0.05, 0) is 108 Å². The number of thiophene rings is 3. The fraction of sp³-hybridized carbons (Fsp3) is 0.0196. The Morgan fingerprint density at radius 2 is 1.14 bits per heavy atom. The van der Waals surface area contributed by atoms with Gasteiger partial charge in [-0.2, -0.15) is 18.3 Å². The first-order chi connectivity index (χ1) is 34.1. The van der Waals surface area contributed by atoms with Crippen LogP contribution in [-0.2, 0) is 35.2 Å². The van der Waals surface area contributed by atoms with Crippen LogP contribution in [0.3, 0.4) is 0 Å². The summed E-state index contributed by atoms with van der Waals surface area (Å²) in [6.07, 6.45) is 0.256. The maximum atomic E-state index is 12.9. The molecule has 10 aromatic rings. The minimum Gasteiger partial charge on any atom is -0.753 e. The number of ether oxygens (including phenoxy) is 2. The van der Waals surface area contributed by atoms with Crippen LogP contribution in [0.15, 0.2) is 176 Å². The molecule has 0 radical (unpaired) electrons. The number of aromatic nitrogens is 6. The molecule has 0 saturated carbocycles. The normalized spacial score (nSPS) is 10.5. The Bertz CT molecular complexity index is 3350. The van der Waals surface area contributed by atoms with Crippen LogP contribution in [0.1, 0.15) is 5.69 Å². The van der Waals surface area contributed by atoms with Crippen LogP contribution in [0.25, 0.3) is 70.2 Å². The van der Waals surface area contributed by atoms with E-state index in [2.05, 4.69) is 70.8 Å². The molecule has 8 heterocycles. The van der Waals surface area contributed by atoms with Crippen LogP contribution in [0, 0.1) is 0 Å². The number of hydrogen-bond donors (Lipinski definition) is 0. The zero-order valence-electron chi connectivity index (χ0n) is 36.2.